The quantitative estimate of drug-likeness (QED) is 0.266. The molecule has 1 N–H and O–H groups in total. The topological polar surface area (TPSA) is 85.6 Å². The van der Waals surface area contributed by atoms with Gasteiger partial charge in [-0.15, -0.1) is 0 Å². The van der Waals surface area contributed by atoms with Crippen LogP contribution in [0.1, 0.15) is 68.8 Å². The lowest BCUT2D eigenvalue weighted by Gasteiger charge is -2.16. The summed E-state index contributed by atoms with van der Waals surface area (Å²) in [7, 11) is 0. The van der Waals surface area contributed by atoms with Crippen molar-refractivity contribution in [3.05, 3.63) is 59.7 Å². The fraction of sp³-hybridized carbons (Fsp3) is 0.429. The van der Waals surface area contributed by atoms with E-state index >= 15 is 0 Å². The highest BCUT2D eigenvalue weighted by Crippen LogP contribution is 2.31. The number of aromatic nitrogens is 2. The second-order valence-electron chi connectivity index (χ2n) is 9.14. The minimum atomic E-state index is -0.341. The van der Waals surface area contributed by atoms with Crippen LogP contribution in [-0.2, 0) is 16.0 Å². The second-order valence-corrected chi connectivity index (χ2v) is 10.4. The monoisotopic (exact) mass is 506 g/mol. The smallest absolute Gasteiger partial charge is 0.338 e. The molecule has 0 saturated heterocycles. The van der Waals surface area contributed by atoms with Gasteiger partial charge in [0, 0.05) is 12.2 Å². The number of hydrogen-bond acceptors (Lipinski definition) is 6. The number of ether oxygens (including phenoxy) is 1. The molecule has 0 fully saturated rings. The Bertz CT molecular complexity index is 1240. The van der Waals surface area contributed by atoms with Gasteiger partial charge in [-0.1, -0.05) is 68.8 Å². The van der Waals surface area contributed by atoms with Crippen molar-refractivity contribution in [1.82, 2.24) is 9.55 Å². The molecule has 2 aromatic carbocycles. The van der Waals surface area contributed by atoms with E-state index in [1.807, 2.05) is 35.8 Å². The van der Waals surface area contributed by atoms with Crippen LogP contribution in [-0.4, -0.2) is 44.5 Å². The lowest BCUT2D eigenvalue weighted by molar-refractivity contribution is -0.114. The van der Waals surface area contributed by atoms with Crippen molar-refractivity contribution in [1.29, 1.82) is 0 Å². The molecule has 0 spiro atoms. The summed E-state index contributed by atoms with van der Waals surface area (Å²) < 4.78 is 7.66. The molecular formula is C28H34N4O3S. The van der Waals surface area contributed by atoms with Crippen LogP contribution < -0.4 is 5.32 Å². The molecule has 4 rings (SSSR count). The first-order valence-corrected chi connectivity index (χ1v) is 13.6. The Morgan fingerprint density at radius 1 is 1.17 bits per heavy atom. The minimum Gasteiger partial charge on any atom is -0.459 e. The van der Waals surface area contributed by atoms with Gasteiger partial charge in [-0.25, -0.2) is 9.78 Å². The summed E-state index contributed by atoms with van der Waals surface area (Å²) in [6.45, 7) is 6.35. The zero-order valence-electron chi connectivity index (χ0n) is 21.2. The average molecular weight is 507 g/mol. The average Bonchev–Trinajstić information content (AvgIpc) is 3.46. The first-order valence-electron chi connectivity index (χ1n) is 12.7. The Labute approximate surface area is 216 Å². The number of nitrogens with one attached hydrogen (secondary N) is 1. The van der Waals surface area contributed by atoms with Crippen LogP contribution in [0, 0.1) is 0 Å². The normalized spacial score (nSPS) is 16.1. The zero-order valence-corrected chi connectivity index (χ0v) is 22.0. The number of esters is 1. The predicted molar refractivity (Wildman–Crippen MR) is 147 cm³/mol. The fourth-order valence-electron chi connectivity index (χ4n) is 4.34. The third-order valence-corrected chi connectivity index (χ3v) is 7.41. The molecule has 1 aromatic heterocycles. The second kappa shape index (κ2) is 12.2. The van der Waals surface area contributed by atoms with E-state index in [9.17, 15) is 9.59 Å². The van der Waals surface area contributed by atoms with E-state index < -0.39 is 0 Å². The van der Waals surface area contributed by atoms with E-state index in [0.717, 1.165) is 49.2 Å². The van der Waals surface area contributed by atoms with E-state index in [-0.39, 0.29) is 18.0 Å². The molecule has 7 nitrogen and oxygen atoms in total. The first kappa shape index (κ1) is 25.9. The Morgan fingerprint density at radius 2 is 1.97 bits per heavy atom. The van der Waals surface area contributed by atoms with Gasteiger partial charge in [-0.2, -0.15) is 0 Å². The summed E-state index contributed by atoms with van der Waals surface area (Å²) in [4.78, 5) is 34.2. The van der Waals surface area contributed by atoms with Gasteiger partial charge in [-0.05, 0) is 49.4 Å². The number of rotatable bonds is 10. The van der Waals surface area contributed by atoms with Crippen molar-refractivity contribution in [3.63, 3.8) is 0 Å². The summed E-state index contributed by atoms with van der Waals surface area (Å²) >= 11 is 1.68. The maximum Gasteiger partial charge on any atom is 0.338 e. The number of anilines is 1. The molecular weight excluding hydrogens is 472 g/mol. The van der Waals surface area contributed by atoms with Crippen LogP contribution in [0.4, 0.5) is 5.95 Å². The summed E-state index contributed by atoms with van der Waals surface area (Å²) in [5, 5.41) is 3.92. The number of carbonyl (C=O) groups is 2. The molecule has 0 saturated carbocycles. The number of aliphatic imine (C=N–C) groups is 1. The van der Waals surface area contributed by atoms with Crippen LogP contribution in [0.3, 0.4) is 0 Å². The van der Waals surface area contributed by atoms with Crippen LogP contribution in [0.15, 0.2) is 53.5 Å². The maximum absolute atomic E-state index is 12.9. The summed E-state index contributed by atoms with van der Waals surface area (Å²) in [5.74, 6) is -0.152. The standard InChI is InChI=1S/C28H34N4O3S/c1-4-6-8-13-22(5-2)35-26(34)21-14-15-25-24(17-21)31-27(30-19(3)33)32(25)28-29-18-23(36-28)16-20-11-9-7-10-12-20/h7,9-12,14-15,17,22-23H,4-6,8,13,16,18H2,1-3H3,(H,30,31,33). The van der Waals surface area contributed by atoms with Gasteiger partial charge in [0.05, 0.1) is 23.1 Å². The van der Waals surface area contributed by atoms with E-state index in [1.54, 1.807) is 23.9 Å². The number of nitrogens with zero attached hydrogens (tertiary/aromatic N) is 3. The SMILES string of the molecule is CCCCCC(CC)OC(=O)c1ccc2c(c1)nc(NC(C)=O)n2C1=NCC(Cc2ccccc2)S1. The first-order chi connectivity index (χ1) is 17.5. The number of hydrogen-bond donors (Lipinski definition) is 1. The van der Waals surface area contributed by atoms with Crippen LogP contribution in [0.25, 0.3) is 11.0 Å². The molecule has 1 aliphatic heterocycles. The molecule has 0 bridgehead atoms. The van der Waals surface area contributed by atoms with Crippen molar-refractivity contribution in [2.45, 2.75) is 70.7 Å². The molecule has 3 aromatic rings. The van der Waals surface area contributed by atoms with Crippen molar-refractivity contribution in [3.8, 4) is 0 Å². The van der Waals surface area contributed by atoms with Gasteiger partial charge in [0.2, 0.25) is 11.9 Å². The highest BCUT2D eigenvalue weighted by atomic mass is 32.2. The molecule has 1 aliphatic rings. The number of carbonyl (C=O) groups excluding carboxylic acids is 2. The summed E-state index contributed by atoms with van der Waals surface area (Å²) in [6.07, 6.45) is 5.82. The minimum absolute atomic E-state index is 0.0852. The molecule has 2 atom stereocenters. The van der Waals surface area contributed by atoms with Crippen LogP contribution in [0.2, 0.25) is 0 Å². The van der Waals surface area contributed by atoms with Crippen molar-refractivity contribution in [2.75, 3.05) is 11.9 Å². The van der Waals surface area contributed by atoms with Gasteiger partial charge in [0.15, 0.2) is 5.17 Å². The van der Waals surface area contributed by atoms with Gasteiger partial charge in [0.1, 0.15) is 6.10 Å². The van der Waals surface area contributed by atoms with Crippen LogP contribution >= 0.6 is 11.8 Å². The molecule has 36 heavy (non-hydrogen) atoms. The van der Waals surface area contributed by atoms with Crippen molar-refractivity contribution >= 4 is 45.8 Å². The number of thioether (sulfide) groups is 1. The third-order valence-electron chi connectivity index (χ3n) is 6.24. The number of amides is 1. The third kappa shape index (κ3) is 6.35. The van der Waals surface area contributed by atoms with Gasteiger partial charge >= 0.3 is 5.97 Å². The fourth-order valence-corrected chi connectivity index (χ4v) is 5.50. The lowest BCUT2D eigenvalue weighted by atomic mass is 10.1. The maximum atomic E-state index is 12.9. The van der Waals surface area contributed by atoms with Crippen molar-refractivity contribution < 1.29 is 14.3 Å². The van der Waals surface area contributed by atoms with E-state index in [0.29, 0.717) is 28.8 Å². The molecule has 190 valence electrons. The predicted octanol–water partition coefficient (Wildman–Crippen LogP) is 6.07. The lowest BCUT2D eigenvalue weighted by Crippen LogP contribution is -2.17. The Balaban J connectivity index is 1.55. The Kier molecular flexibility index (Phi) is 8.80. The number of imidazole rings is 1. The molecule has 2 heterocycles. The Morgan fingerprint density at radius 3 is 2.69 bits per heavy atom. The number of benzene rings is 2. The molecule has 8 heteroatoms. The molecule has 1 amide bonds. The summed E-state index contributed by atoms with van der Waals surface area (Å²) in [5.41, 5.74) is 3.13. The zero-order chi connectivity index (χ0) is 25.5. The number of fused-ring (bicyclic) bond motifs is 1. The van der Waals surface area contributed by atoms with E-state index in [1.165, 1.54) is 12.5 Å². The van der Waals surface area contributed by atoms with Gasteiger partial charge < -0.3 is 4.74 Å². The van der Waals surface area contributed by atoms with Crippen molar-refractivity contribution in [2.24, 2.45) is 4.99 Å². The largest absolute Gasteiger partial charge is 0.459 e. The highest BCUT2D eigenvalue weighted by molar-refractivity contribution is 8.14. The Hall–Kier alpha value is -3.13. The highest BCUT2D eigenvalue weighted by Gasteiger charge is 2.26. The van der Waals surface area contributed by atoms with Gasteiger partial charge in [-0.3, -0.25) is 19.7 Å². The number of unbranched alkanes of at least 4 members (excludes halogenated alkanes) is 2. The molecule has 0 aliphatic carbocycles. The van der Waals surface area contributed by atoms with Crippen LogP contribution in [0.5, 0.6) is 0 Å². The molecule has 0 radical (unpaired) electrons. The summed E-state index contributed by atoms with van der Waals surface area (Å²) in [6, 6.07) is 15.7. The van der Waals surface area contributed by atoms with Gasteiger partial charge in [0.25, 0.3) is 0 Å². The molecule has 2 unspecified atom stereocenters. The van der Waals surface area contributed by atoms with E-state index in [2.05, 4.69) is 29.4 Å². The van der Waals surface area contributed by atoms with E-state index in [4.69, 9.17) is 9.73 Å².